The number of nitrogens with one attached hydrogen (secondary N) is 1. The van der Waals surface area contributed by atoms with Crippen molar-refractivity contribution in [2.75, 3.05) is 30.9 Å². The quantitative estimate of drug-likeness (QED) is 0.733. The number of aliphatic carboxylic acids is 1. The Morgan fingerprint density at radius 3 is 2.67 bits per heavy atom. The van der Waals surface area contributed by atoms with Gasteiger partial charge in [0.05, 0.1) is 12.2 Å². The molecule has 21 heavy (non-hydrogen) atoms. The minimum atomic E-state index is -3.32. The van der Waals surface area contributed by atoms with Crippen molar-refractivity contribution in [1.29, 1.82) is 0 Å². The Hall–Kier alpha value is -0.800. The monoisotopic (exact) mass is 336 g/mol. The molecule has 1 amide bonds. The molecule has 7 nitrogen and oxygen atoms in total. The van der Waals surface area contributed by atoms with Crippen LogP contribution in [0.4, 0.5) is 0 Å². The first-order valence-corrected chi connectivity index (χ1v) is 9.83. The van der Waals surface area contributed by atoms with Crippen LogP contribution in [0.1, 0.15) is 19.3 Å². The Kier molecular flexibility index (Phi) is 4.84. The molecule has 2 aliphatic rings. The van der Waals surface area contributed by atoms with Crippen molar-refractivity contribution in [1.82, 2.24) is 9.62 Å². The zero-order valence-electron chi connectivity index (χ0n) is 11.9. The van der Waals surface area contributed by atoms with Crippen LogP contribution >= 0.6 is 11.8 Å². The summed E-state index contributed by atoms with van der Waals surface area (Å²) in [6, 6.07) is 0. The summed E-state index contributed by atoms with van der Waals surface area (Å²) in [5, 5.41) is 12.0. The second-order valence-corrected chi connectivity index (χ2v) is 8.73. The average Bonchev–Trinajstić information content (AvgIpc) is 2.88. The molecule has 0 aromatic carbocycles. The number of carboxylic acid groups (broad SMARTS) is 1. The molecule has 0 aromatic rings. The fraction of sp³-hybridized carbons (Fsp3) is 0.833. The second kappa shape index (κ2) is 6.13. The van der Waals surface area contributed by atoms with E-state index in [1.165, 1.54) is 16.1 Å². The van der Waals surface area contributed by atoms with Gasteiger partial charge >= 0.3 is 5.97 Å². The molecule has 0 aliphatic carbocycles. The number of amides is 1. The molecule has 2 saturated heterocycles. The van der Waals surface area contributed by atoms with Gasteiger partial charge in [-0.15, -0.1) is 0 Å². The molecule has 2 heterocycles. The fourth-order valence-electron chi connectivity index (χ4n) is 2.68. The number of hydrogen-bond acceptors (Lipinski definition) is 5. The molecule has 0 bridgehead atoms. The van der Waals surface area contributed by atoms with E-state index >= 15 is 0 Å². The van der Waals surface area contributed by atoms with Gasteiger partial charge < -0.3 is 10.4 Å². The SMILES string of the molecule is CS(=O)(=O)N1CCC[C@H](C(=O)N[C@]2(C(=O)O)CCSC2)C1. The Balaban J connectivity index is 2.04. The van der Waals surface area contributed by atoms with Gasteiger partial charge in [-0.25, -0.2) is 17.5 Å². The predicted molar refractivity (Wildman–Crippen MR) is 79.6 cm³/mol. The van der Waals surface area contributed by atoms with Gasteiger partial charge in [-0.3, -0.25) is 4.79 Å². The number of piperidine rings is 1. The van der Waals surface area contributed by atoms with Crippen LogP contribution in [0.5, 0.6) is 0 Å². The molecule has 0 spiro atoms. The van der Waals surface area contributed by atoms with Gasteiger partial charge in [0.2, 0.25) is 15.9 Å². The highest BCUT2D eigenvalue weighted by Gasteiger charge is 2.44. The smallest absolute Gasteiger partial charge is 0.330 e. The van der Waals surface area contributed by atoms with Crippen LogP contribution < -0.4 is 5.32 Å². The maximum atomic E-state index is 12.3. The number of hydrogen-bond donors (Lipinski definition) is 2. The molecule has 120 valence electrons. The number of nitrogens with zero attached hydrogens (tertiary/aromatic N) is 1. The lowest BCUT2D eigenvalue weighted by molar-refractivity contribution is -0.147. The molecule has 2 aliphatic heterocycles. The van der Waals surface area contributed by atoms with Gasteiger partial charge in [-0.2, -0.15) is 11.8 Å². The topological polar surface area (TPSA) is 104 Å². The number of thioether (sulfide) groups is 1. The molecule has 0 saturated carbocycles. The van der Waals surface area contributed by atoms with Crippen molar-refractivity contribution in [3.05, 3.63) is 0 Å². The van der Waals surface area contributed by atoms with Crippen LogP contribution in [-0.4, -0.2) is 66.1 Å². The second-order valence-electron chi connectivity index (χ2n) is 5.64. The van der Waals surface area contributed by atoms with Crippen molar-refractivity contribution < 1.29 is 23.1 Å². The molecule has 2 atom stereocenters. The van der Waals surface area contributed by atoms with Crippen molar-refractivity contribution in [2.24, 2.45) is 5.92 Å². The van der Waals surface area contributed by atoms with Gasteiger partial charge in [0.15, 0.2) is 0 Å². The van der Waals surface area contributed by atoms with E-state index in [1.807, 2.05) is 0 Å². The summed E-state index contributed by atoms with van der Waals surface area (Å²) in [5.74, 6) is -0.788. The van der Waals surface area contributed by atoms with Gasteiger partial charge in [-0.05, 0) is 25.0 Å². The summed E-state index contributed by atoms with van der Waals surface area (Å²) in [7, 11) is -3.32. The lowest BCUT2D eigenvalue weighted by Crippen LogP contribution is -2.57. The van der Waals surface area contributed by atoms with E-state index in [0.717, 1.165) is 6.26 Å². The number of carboxylic acids is 1. The van der Waals surface area contributed by atoms with Crippen LogP contribution in [0.3, 0.4) is 0 Å². The predicted octanol–water partition coefficient (Wildman–Crippen LogP) is -0.265. The van der Waals surface area contributed by atoms with Crippen molar-refractivity contribution in [2.45, 2.75) is 24.8 Å². The summed E-state index contributed by atoms with van der Waals surface area (Å²) in [4.78, 5) is 23.8. The summed E-state index contributed by atoms with van der Waals surface area (Å²) < 4.78 is 24.4. The standard InChI is InChI=1S/C12H20N2O5S2/c1-21(18,19)14-5-2-3-9(7-14)10(15)13-12(11(16)17)4-6-20-8-12/h9H,2-8H2,1H3,(H,13,15)(H,16,17)/t9-,12+/m0/s1. The van der Waals surface area contributed by atoms with E-state index in [2.05, 4.69) is 5.32 Å². The molecule has 0 aromatic heterocycles. The van der Waals surface area contributed by atoms with E-state index in [4.69, 9.17) is 0 Å². The highest BCUT2D eigenvalue weighted by molar-refractivity contribution is 7.99. The molecule has 0 radical (unpaired) electrons. The molecule has 2 rings (SSSR count). The van der Waals surface area contributed by atoms with Crippen molar-refractivity contribution in [3.8, 4) is 0 Å². The third-order valence-electron chi connectivity index (χ3n) is 4.02. The minimum absolute atomic E-state index is 0.132. The lowest BCUT2D eigenvalue weighted by Gasteiger charge is -2.33. The molecular weight excluding hydrogens is 316 g/mol. The largest absolute Gasteiger partial charge is 0.479 e. The Labute approximate surface area is 128 Å². The number of carbonyl (C=O) groups excluding carboxylic acids is 1. The zero-order valence-corrected chi connectivity index (χ0v) is 13.5. The fourth-order valence-corrected chi connectivity index (χ4v) is 4.92. The number of carbonyl (C=O) groups is 2. The third kappa shape index (κ3) is 3.70. The lowest BCUT2D eigenvalue weighted by atomic mass is 9.94. The van der Waals surface area contributed by atoms with Gasteiger partial charge in [0.1, 0.15) is 5.54 Å². The van der Waals surface area contributed by atoms with Crippen LogP contribution in [0.25, 0.3) is 0 Å². The molecule has 0 unspecified atom stereocenters. The average molecular weight is 336 g/mol. The normalized spacial score (nSPS) is 31.0. The third-order valence-corrected chi connectivity index (χ3v) is 6.48. The van der Waals surface area contributed by atoms with E-state index in [1.54, 1.807) is 0 Å². The maximum absolute atomic E-state index is 12.3. The van der Waals surface area contributed by atoms with Gasteiger partial charge in [-0.1, -0.05) is 0 Å². The molecular formula is C12H20N2O5S2. The number of sulfonamides is 1. The first-order valence-electron chi connectivity index (χ1n) is 6.83. The summed E-state index contributed by atoms with van der Waals surface area (Å²) in [6.45, 7) is 0.552. The Morgan fingerprint density at radius 1 is 1.43 bits per heavy atom. The van der Waals surface area contributed by atoms with Crippen LogP contribution in [-0.2, 0) is 19.6 Å². The van der Waals surface area contributed by atoms with E-state index < -0.39 is 27.4 Å². The summed E-state index contributed by atoms with van der Waals surface area (Å²) >= 11 is 1.50. The maximum Gasteiger partial charge on any atom is 0.330 e. The summed E-state index contributed by atoms with van der Waals surface area (Å²) in [5.41, 5.74) is -1.20. The zero-order chi connectivity index (χ0) is 15.7. The van der Waals surface area contributed by atoms with E-state index in [-0.39, 0.29) is 12.5 Å². The van der Waals surface area contributed by atoms with Gasteiger partial charge in [0.25, 0.3) is 0 Å². The van der Waals surface area contributed by atoms with E-state index in [0.29, 0.717) is 37.3 Å². The molecule has 2 fully saturated rings. The van der Waals surface area contributed by atoms with Crippen molar-refractivity contribution >= 4 is 33.7 Å². The van der Waals surface area contributed by atoms with E-state index in [9.17, 15) is 23.1 Å². The van der Waals surface area contributed by atoms with Crippen LogP contribution in [0.15, 0.2) is 0 Å². The Bertz CT molecular complexity index is 528. The summed E-state index contributed by atoms with van der Waals surface area (Å²) in [6.07, 6.45) is 2.72. The van der Waals surface area contributed by atoms with Gasteiger partial charge in [0, 0.05) is 18.8 Å². The van der Waals surface area contributed by atoms with Crippen LogP contribution in [0.2, 0.25) is 0 Å². The van der Waals surface area contributed by atoms with Crippen LogP contribution in [0, 0.1) is 5.92 Å². The first kappa shape index (κ1) is 16.6. The highest BCUT2D eigenvalue weighted by atomic mass is 32.2. The highest BCUT2D eigenvalue weighted by Crippen LogP contribution is 2.29. The number of rotatable bonds is 4. The Morgan fingerprint density at radius 2 is 2.14 bits per heavy atom. The molecule has 9 heteroatoms. The minimum Gasteiger partial charge on any atom is -0.479 e. The first-order chi connectivity index (χ1) is 9.74. The van der Waals surface area contributed by atoms with Crippen molar-refractivity contribution in [3.63, 3.8) is 0 Å². The molecule has 2 N–H and O–H groups in total.